The summed E-state index contributed by atoms with van der Waals surface area (Å²) in [6, 6.07) is 13.5. The second-order valence-electron chi connectivity index (χ2n) is 5.82. The summed E-state index contributed by atoms with van der Waals surface area (Å²) in [7, 11) is 3.49. The number of nitrogens with one attached hydrogen (secondary N) is 1. The van der Waals surface area contributed by atoms with Crippen LogP contribution < -0.4 is 10.1 Å². The highest BCUT2D eigenvalue weighted by atomic mass is 35.5. The molecule has 2 aromatic carbocycles. The Bertz CT molecular complexity index is 894. The van der Waals surface area contributed by atoms with E-state index in [0.29, 0.717) is 23.0 Å². The summed E-state index contributed by atoms with van der Waals surface area (Å²) in [6.45, 7) is 0.990. The summed E-state index contributed by atoms with van der Waals surface area (Å²) < 4.78 is 6.52. The largest absolute Gasteiger partial charge is 0.495 e. The molecule has 1 aromatic heterocycles. The zero-order valence-electron chi connectivity index (χ0n) is 14.1. The number of thiophene rings is 1. The van der Waals surface area contributed by atoms with Gasteiger partial charge in [-0.15, -0.1) is 11.3 Å². The van der Waals surface area contributed by atoms with Crippen molar-refractivity contribution in [1.82, 2.24) is 4.90 Å². The van der Waals surface area contributed by atoms with Gasteiger partial charge in [0.05, 0.1) is 19.3 Å². The fraction of sp³-hybridized carbons (Fsp3) is 0.211. The van der Waals surface area contributed by atoms with Crippen LogP contribution in [0.5, 0.6) is 5.75 Å². The van der Waals surface area contributed by atoms with E-state index in [2.05, 4.69) is 22.8 Å². The molecule has 0 radical (unpaired) electrons. The fourth-order valence-electron chi connectivity index (χ4n) is 2.71. The number of nitrogens with zero attached hydrogens (tertiary/aromatic N) is 1. The van der Waals surface area contributed by atoms with E-state index in [4.69, 9.17) is 16.3 Å². The van der Waals surface area contributed by atoms with Gasteiger partial charge in [-0.2, -0.15) is 0 Å². The molecule has 1 heterocycles. The molecular weight excluding hydrogens is 356 g/mol. The lowest BCUT2D eigenvalue weighted by Crippen LogP contribution is -2.29. The lowest BCUT2D eigenvalue weighted by atomic mass is 10.2. The van der Waals surface area contributed by atoms with Gasteiger partial charge >= 0.3 is 0 Å². The maximum Gasteiger partial charge on any atom is 0.238 e. The highest BCUT2D eigenvalue weighted by molar-refractivity contribution is 7.17. The zero-order valence-corrected chi connectivity index (χ0v) is 15.7. The molecule has 1 amide bonds. The maximum atomic E-state index is 12.3. The van der Waals surface area contributed by atoms with E-state index >= 15 is 0 Å². The first-order valence-electron chi connectivity index (χ1n) is 7.84. The Labute approximate surface area is 156 Å². The van der Waals surface area contributed by atoms with Crippen LogP contribution in [0, 0.1) is 0 Å². The van der Waals surface area contributed by atoms with Gasteiger partial charge < -0.3 is 10.1 Å². The highest BCUT2D eigenvalue weighted by Crippen LogP contribution is 2.28. The topological polar surface area (TPSA) is 41.6 Å². The first-order valence-corrected chi connectivity index (χ1v) is 9.09. The van der Waals surface area contributed by atoms with Crippen molar-refractivity contribution in [2.75, 3.05) is 26.0 Å². The molecule has 4 nitrogen and oxygen atoms in total. The van der Waals surface area contributed by atoms with Crippen molar-refractivity contribution in [3.63, 3.8) is 0 Å². The molecule has 6 heteroatoms. The number of methoxy groups -OCH3 is 1. The monoisotopic (exact) mass is 374 g/mol. The van der Waals surface area contributed by atoms with Gasteiger partial charge in [-0.05, 0) is 47.6 Å². The number of carbonyl (C=O) groups is 1. The summed E-state index contributed by atoms with van der Waals surface area (Å²) in [5.74, 6) is 0.479. The van der Waals surface area contributed by atoms with Gasteiger partial charge in [0, 0.05) is 16.3 Å². The van der Waals surface area contributed by atoms with Gasteiger partial charge in [0.15, 0.2) is 0 Å². The number of carbonyl (C=O) groups excluding carboxylic acids is 1. The van der Waals surface area contributed by atoms with E-state index in [1.54, 1.807) is 36.6 Å². The Morgan fingerprint density at radius 1 is 1.28 bits per heavy atom. The van der Waals surface area contributed by atoms with Gasteiger partial charge in [0.2, 0.25) is 5.91 Å². The minimum atomic E-state index is -0.109. The van der Waals surface area contributed by atoms with Crippen molar-refractivity contribution < 1.29 is 9.53 Å². The molecule has 0 aliphatic carbocycles. The fourth-order valence-corrected chi connectivity index (χ4v) is 3.84. The van der Waals surface area contributed by atoms with Crippen LogP contribution in [0.4, 0.5) is 5.69 Å². The molecule has 3 rings (SSSR count). The standard InChI is InChI=1S/C19H19ClN2O2S/c1-22(10-13-12-25-18-6-4-3-5-15(13)18)11-19(23)21-16-9-14(20)7-8-17(16)24-2/h3-9,12H,10-11H2,1-2H3,(H,21,23). The molecule has 0 fully saturated rings. The van der Waals surface area contributed by atoms with Crippen LogP contribution in [0.1, 0.15) is 5.56 Å². The third-order valence-corrected chi connectivity index (χ3v) is 5.10. The Morgan fingerprint density at radius 3 is 2.88 bits per heavy atom. The molecule has 130 valence electrons. The number of likely N-dealkylation sites (N-methyl/N-ethyl adjacent to an activating group) is 1. The minimum Gasteiger partial charge on any atom is -0.495 e. The summed E-state index contributed by atoms with van der Waals surface area (Å²) in [5, 5.41) is 6.81. The summed E-state index contributed by atoms with van der Waals surface area (Å²) in [5.41, 5.74) is 1.81. The Morgan fingerprint density at radius 2 is 2.08 bits per heavy atom. The lowest BCUT2D eigenvalue weighted by molar-refractivity contribution is -0.117. The molecule has 0 saturated heterocycles. The van der Waals surface area contributed by atoms with Gasteiger partial charge in [0.1, 0.15) is 5.75 Å². The summed E-state index contributed by atoms with van der Waals surface area (Å²) in [6.07, 6.45) is 0. The summed E-state index contributed by atoms with van der Waals surface area (Å²) >= 11 is 7.72. The first kappa shape index (κ1) is 17.7. The SMILES string of the molecule is COc1ccc(Cl)cc1NC(=O)CN(C)Cc1csc2ccccc12. The van der Waals surface area contributed by atoms with Crippen LogP contribution >= 0.6 is 22.9 Å². The number of rotatable bonds is 6. The van der Waals surface area contributed by atoms with Crippen LogP contribution in [0.15, 0.2) is 47.8 Å². The van der Waals surface area contributed by atoms with E-state index < -0.39 is 0 Å². The first-order chi connectivity index (χ1) is 12.1. The van der Waals surface area contributed by atoms with Crippen molar-refractivity contribution >= 4 is 44.6 Å². The molecule has 0 unspecified atom stereocenters. The van der Waals surface area contributed by atoms with Crippen molar-refractivity contribution in [3.8, 4) is 5.75 Å². The molecule has 3 aromatic rings. The quantitative estimate of drug-likeness (QED) is 0.683. The average molecular weight is 375 g/mol. The number of anilines is 1. The number of fused-ring (bicyclic) bond motifs is 1. The Hall–Kier alpha value is -2.08. The van der Waals surface area contributed by atoms with E-state index in [1.807, 2.05) is 24.1 Å². The minimum absolute atomic E-state index is 0.109. The zero-order chi connectivity index (χ0) is 17.8. The summed E-state index contributed by atoms with van der Waals surface area (Å²) in [4.78, 5) is 14.3. The van der Waals surface area contributed by atoms with Gasteiger partial charge in [-0.1, -0.05) is 29.8 Å². The number of halogens is 1. The highest BCUT2D eigenvalue weighted by Gasteiger charge is 2.12. The molecule has 0 saturated carbocycles. The number of ether oxygens (including phenoxy) is 1. The molecule has 25 heavy (non-hydrogen) atoms. The molecule has 1 N–H and O–H groups in total. The normalized spacial score (nSPS) is 11.0. The van der Waals surface area contributed by atoms with Crippen molar-refractivity contribution in [3.05, 3.63) is 58.4 Å². The smallest absolute Gasteiger partial charge is 0.238 e. The maximum absolute atomic E-state index is 12.3. The van der Waals surface area contributed by atoms with Gasteiger partial charge in [-0.25, -0.2) is 0 Å². The number of hydrogen-bond donors (Lipinski definition) is 1. The van der Waals surface area contributed by atoms with E-state index in [1.165, 1.54) is 15.6 Å². The predicted octanol–water partition coefficient (Wildman–Crippen LogP) is 4.63. The number of benzene rings is 2. The van der Waals surface area contributed by atoms with Crippen LogP contribution in [0.3, 0.4) is 0 Å². The lowest BCUT2D eigenvalue weighted by Gasteiger charge is -2.17. The predicted molar refractivity (Wildman–Crippen MR) is 105 cm³/mol. The molecule has 0 bridgehead atoms. The number of hydrogen-bond acceptors (Lipinski definition) is 4. The van der Waals surface area contributed by atoms with Crippen LogP contribution in [0.2, 0.25) is 5.02 Å². The van der Waals surface area contributed by atoms with Crippen molar-refractivity contribution in [2.45, 2.75) is 6.54 Å². The molecule has 0 aliphatic heterocycles. The number of amides is 1. The van der Waals surface area contributed by atoms with E-state index in [-0.39, 0.29) is 12.5 Å². The van der Waals surface area contributed by atoms with Gasteiger partial charge in [0.25, 0.3) is 0 Å². The van der Waals surface area contributed by atoms with Crippen LogP contribution in [0.25, 0.3) is 10.1 Å². The Balaban J connectivity index is 1.64. The molecular formula is C19H19ClN2O2S. The Kier molecular flexibility index (Phi) is 5.58. The van der Waals surface area contributed by atoms with Crippen molar-refractivity contribution in [2.24, 2.45) is 0 Å². The molecule has 0 aliphatic rings. The molecule has 0 atom stereocenters. The van der Waals surface area contributed by atoms with Crippen LogP contribution in [-0.2, 0) is 11.3 Å². The third kappa shape index (κ3) is 4.31. The van der Waals surface area contributed by atoms with E-state index in [9.17, 15) is 4.79 Å². The second kappa shape index (κ2) is 7.87. The van der Waals surface area contributed by atoms with Crippen LogP contribution in [-0.4, -0.2) is 31.5 Å². The second-order valence-corrected chi connectivity index (χ2v) is 7.17. The van der Waals surface area contributed by atoms with Gasteiger partial charge in [-0.3, -0.25) is 9.69 Å². The average Bonchev–Trinajstić information content (AvgIpc) is 2.98. The van der Waals surface area contributed by atoms with E-state index in [0.717, 1.165) is 0 Å². The van der Waals surface area contributed by atoms with Crippen molar-refractivity contribution in [1.29, 1.82) is 0 Å². The third-order valence-electron chi connectivity index (χ3n) is 3.85. The molecule has 0 spiro atoms.